The molecule has 0 saturated heterocycles. The van der Waals surface area contributed by atoms with Crippen LogP contribution in [0.4, 0.5) is 4.39 Å². The molecule has 0 aliphatic heterocycles. The van der Waals surface area contributed by atoms with Gasteiger partial charge in [0, 0.05) is 10.9 Å². The topological polar surface area (TPSA) is 45.2 Å². The minimum atomic E-state index is -0.246. The second-order valence-electron chi connectivity index (χ2n) is 4.28. The number of fused-ring (bicyclic) bond motifs is 1. The summed E-state index contributed by atoms with van der Waals surface area (Å²) < 4.78 is 19.1. The lowest BCUT2D eigenvalue weighted by atomic mass is 10.2. The molecule has 4 heteroatoms. The van der Waals surface area contributed by atoms with Crippen LogP contribution in [0.1, 0.15) is 5.69 Å². The molecule has 0 amide bonds. The van der Waals surface area contributed by atoms with Gasteiger partial charge in [0.05, 0.1) is 5.69 Å². The van der Waals surface area contributed by atoms with Crippen molar-refractivity contribution in [2.75, 3.05) is 0 Å². The number of benzene rings is 2. The highest BCUT2D eigenvalue weighted by Gasteiger charge is 2.05. The van der Waals surface area contributed by atoms with Gasteiger partial charge in [-0.2, -0.15) is 0 Å². The molecule has 0 radical (unpaired) electrons. The molecule has 3 rings (SSSR count). The van der Waals surface area contributed by atoms with Crippen molar-refractivity contribution in [3.8, 4) is 11.5 Å². The summed E-state index contributed by atoms with van der Waals surface area (Å²) in [5.41, 5.74) is 1.55. The Kier molecular flexibility index (Phi) is 2.83. The van der Waals surface area contributed by atoms with Crippen molar-refractivity contribution in [1.29, 1.82) is 0 Å². The summed E-state index contributed by atoms with van der Waals surface area (Å²) >= 11 is 0. The lowest BCUT2D eigenvalue weighted by Gasteiger charge is -2.04. The number of aromatic nitrogens is 1. The first kappa shape index (κ1) is 11.6. The summed E-state index contributed by atoms with van der Waals surface area (Å²) in [5.74, 6) is 0.599. The number of rotatable bonds is 3. The lowest BCUT2D eigenvalue weighted by molar-refractivity contribution is 0.302. The van der Waals surface area contributed by atoms with E-state index in [9.17, 15) is 4.39 Å². The first-order chi connectivity index (χ1) is 9.22. The molecule has 19 heavy (non-hydrogen) atoms. The Morgan fingerprint density at radius 2 is 1.89 bits per heavy atom. The Hall–Kier alpha value is -2.49. The number of aromatic hydroxyl groups is 1. The summed E-state index contributed by atoms with van der Waals surface area (Å²) in [4.78, 5) is 3.10. The quantitative estimate of drug-likeness (QED) is 0.753. The molecule has 1 aromatic heterocycles. The second kappa shape index (κ2) is 4.65. The molecule has 2 aromatic carbocycles. The van der Waals surface area contributed by atoms with Crippen LogP contribution in [0, 0.1) is 5.82 Å². The molecular weight excluding hydrogens is 245 g/mol. The molecule has 0 saturated carbocycles. The van der Waals surface area contributed by atoms with E-state index in [4.69, 9.17) is 9.84 Å². The van der Waals surface area contributed by atoms with Gasteiger partial charge in [0.1, 0.15) is 23.9 Å². The number of phenolic OH excluding ortho intramolecular Hbond substituents is 1. The zero-order valence-electron chi connectivity index (χ0n) is 10.1. The van der Waals surface area contributed by atoms with Crippen LogP contribution in [0.2, 0.25) is 0 Å². The van der Waals surface area contributed by atoms with E-state index in [1.54, 1.807) is 36.4 Å². The zero-order valence-corrected chi connectivity index (χ0v) is 10.1. The fraction of sp³-hybridized carbons (Fsp3) is 0.0667. The molecule has 2 N–H and O–H groups in total. The average Bonchev–Trinajstić information content (AvgIpc) is 2.83. The van der Waals surface area contributed by atoms with Gasteiger partial charge in [-0.15, -0.1) is 0 Å². The first-order valence-corrected chi connectivity index (χ1v) is 5.90. The van der Waals surface area contributed by atoms with Crippen LogP contribution in [0.25, 0.3) is 10.9 Å². The zero-order chi connectivity index (χ0) is 13.2. The molecule has 1 heterocycles. The average molecular weight is 257 g/mol. The number of hydrogen-bond acceptors (Lipinski definition) is 2. The molecule has 96 valence electrons. The number of ether oxygens (including phenoxy) is 1. The van der Waals surface area contributed by atoms with Crippen LogP contribution in [0.5, 0.6) is 11.5 Å². The molecule has 0 bridgehead atoms. The predicted octanol–water partition coefficient (Wildman–Crippen LogP) is 3.59. The fourth-order valence-electron chi connectivity index (χ4n) is 1.96. The Balaban J connectivity index is 1.78. The highest BCUT2D eigenvalue weighted by molar-refractivity contribution is 5.80. The van der Waals surface area contributed by atoms with Gasteiger partial charge in [0.2, 0.25) is 0 Å². The number of hydrogen-bond donors (Lipinski definition) is 2. The fourth-order valence-corrected chi connectivity index (χ4v) is 1.96. The normalized spacial score (nSPS) is 10.8. The summed E-state index contributed by atoms with van der Waals surface area (Å²) in [5, 5.41) is 9.73. The van der Waals surface area contributed by atoms with Crippen molar-refractivity contribution < 1.29 is 14.2 Å². The van der Waals surface area contributed by atoms with Crippen LogP contribution in [-0.2, 0) is 6.61 Å². The molecule has 3 nitrogen and oxygen atoms in total. The van der Waals surface area contributed by atoms with Gasteiger partial charge in [-0.25, -0.2) is 4.39 Å². The van der Waals surface area contributed by atoms with E-state index in [-0.39, 0.29) is 11.6 Å². The first-order valence-electron chi connectivity index (χ1n) is 5.90. The van der Waals surface area contributed by atoms with E-state index in [1.807, 2.05) is 6.07 Å². The van der Waals surface area contributed by atoms with E-state index in [0.29, 0.717) is 17.7 Å². The summed E-state index contributed by atoms with van der Waals surface area (Å²) in [6.45, 7) is 0.318. The standard InChI is InChI=1S/C15H12FNO2/c16-14-2-1-3-15-13(14)8-10(17-15)9-19-12-6-4-11(18)5-7-12/h1-8,17-18H,9H2. The van der Waals surface area contributed by atoms with Gasteiger partial charge < -0.3 is 14.8 Å². The SMILES string of the molecule is Oc1ccc(OCc2cc3c(F)cccc3[nH]2)cc1. The van der Waals surface area contributed by atoms with Crippen molar-refractivity contribution in [2.24, 2.45) is 0 Å². The van der Waals surface area contributed by atoms with Crippen molar-refractivity contribution in [1.82, 2.24) is 4.98 Å². The van der Waals surface area contributed by atoms with E-state index < -0.39 is 0 Å². The second-order valence-corrected chi connectivity index (χ2v) is 4.28. The van der Waals surface area contributed by atoms with Gasteiger partial charge >= 0.3 is 0 Å². The molecule has 0 spiro atoms. The summed E-state index contributed by atoms with van der Waals surface area (Å²) in [7, 11) is 0. The monoisotopic (exact) mass is 257 g/mol. The number of phenols is 1. The third kappa shape index (κ3) is 2.38. The van der Waals surface area contributed by atoms with Crippen LogP contribution in [0.15, 0.2) is 48.5 Å². The molecule has 0 atom stereocenters. The number of halogens is 1. The van der Waals surface area contributed by atoms with Gasteiger partial charge in [0.15, 0.2) is 0 Å². The molecule has 0 aliphatic carbocycles. The van der Waals surface area contributed by atoms with Crippen LogP contribution in [-0.4, -0.2) is 10.1 Å². The number of aromatic amines is 1. The van der Waals surface area contributed by atoms with Crippen LogP contribution >= 0.6 is 0 Å². The predicted molar refractivity (Wildman–Crippen MR) is 70.7 cm³/mol. The summed E-state index contributed by atoms with van der Waals surface area (Å²) in [6, 6.07) is 13.1. The third-order valence-corrected chi connectivity index (χ3v) is 2.90. The maximum Gasteiger partial charge on any atom is 0.132 e. The molecule has 0 aliphatic rings. The van der Waals surface area contributed by atoms with E-state index in [0.717, 1.165) is 11.2 Å². The Bertz CT molecular complexity index is 704. The molecule has 0 fully saturated rings. The van der Waals surface area contributed by atoms with Gasteiger partial charge in [-0.05, 0) is 42.5 Å². The molecule has 3 aromatic rings. The van der Waals surface area contributed by atoms with Gasteiger partial charge in [0.25, 0.3) is 0 Å². The van der Waals surface area contributed by atoms with E-state index in [2.05, 4.69) is 4.98 Å². The largest absolute Gasteiger partial charge is 0.508 e. The maximum atomic E-state index is 13.5. The van der Waals surface area contributed by atoms with E-state index in [1.165, 1.54) is 6.07 Å². The van der Waals surface area contributed by atoms with Crippen LogP contribution in [0.3, 0.4) is 0 Å². The Morgan fingerprint density at radius 1 is 1.11 bits per heavy atom. The maximum absolute atomic E-state index is 13.5. The van der Waals surface area contributed by atoms with Crippen molar-refractivity contribution in [3.05, 3.63) is 60.0 Å². The smallest absolute Gasteiger partial charge is 0.132 e. The Morgan fingerprint density at radius 3 is 2.63 bits per heavy atom. The summed E-state index contributed by atoms with van der Waals surface area (Å²) in [6.07, 6.45) is 0. The number of nitrogens with one attached hydrogen (secondary N) is 1. The van der Waals surface area contributed by atoms with Crippen molar-refractivity contribution in [3.63, 3.8) is 0 Å². The minimum Gasteiger partial charge on any atom is -0.508 e. The van der Waals surface area contributed by atoms with Gasteiger partial charge in [-0.1, -0.05) is 6.07 Å². The number of H-pyrrole nitrogens is 1. The van der Waals surface area contributed by atoms with Crippen molar-refractivity contribution >= 4 is 10.9 Å². The molecular formula is C15H12FNO2. The lowest BCUT2D eigenvalue weighted by Crippen LogP contribution is -1.94. The minimum absolute atomic E-state index is 0.194. The Labute approximate surface area is 109 Å². The highest BCUT2D eigenvalue weighted by Crippen LogP contribution is 2.21. The van der Waals surface area contributed by atoms with E-state index >= 15 is 0 Å². The van der Waals surface area contributed by atoms with Gasteiger partial charge in [-0.3, -0.25) is 0 Å². The van der Waals surface area contributed by atoms with Crippen LogP contribution < -0.4 is 4.74 Å². The third-order valence-electron chi connectivity index (χ3n) is 2.90. The van der Waals surface area contributed by atoms with Crippen molar-refractivity contribution in [2.45, 2.75) is 6.61 Å². The highest BCUT2D eigenvalue weighted by atomic mass is 19.1. The molecule has 0 unspecified atom stereocenters.